The summed E-state index contributed by atoms with van der Waals surface area (Å²) in [5.41, 5.74) is 0. The highest BCUT2D eigenvalue weighted by Crippen LogP contribution is 2.34. The molecule has 1 aliphatic rings. The summed E-state index contributed by atoms with van der Waals surface area (Å²) in [5.74, 6) is 2.16. The van der Waals surface area contributed by atoms with Gasteiger partial charge in [0, 0.05) is 21.7 Å². The van der Waals surface area contributed by atoms with Crippen LogP contribution in [-0.4, -0.2) is 18.8 Å². The largest absolute Gasteiger partial charge is 0.316 e. The molecule has 0 saturated heterocycles. The lowest BCUT2D eigenvalue weighted by Crippen LogP contribution is -2.27. The Balaban J connectivity index is 1.74. The Bertz CT molecular complexity index is 352. The van der Waals surface area contributed by atoms with Crippen LogP contribution in [0.25, 0.3) is 0 Å². The predicted octanol–water partition coefficient (Wildman–Crippen LogP) is 4.21. The van der Waals surface area contributed by atoms with Crippen molar-refractivity contribution in [3.63, 3.8) is 0 Å². The van der Waals surface area contributed by atoms with E-state index in [1.807, 2.05) is 30.0 Å². The molecule has 1 fully saturated rings. The van der Waals surface area contributed by atoms with Gasteiger partial charge in [-0.25, -0.2) is 0 Å². The van der Waals surface area contributed by atoms with Crippen LogP contribution in [0, 0.1) is 5.92 Å². The lowest BCUT2D eigenvalue weighted by Gasteiger charge is -2.15. The summed E-state index contributed by atoms with van der Waals surface area (Å²) in [6.07, 6.45) is 5.60. The van der Waals surface area contributed by atoms with Crippen LogP contribution in [0.5, 0.6) is 0 Å². The lowest BCUT2D eigenvalue weighted by molar-refractivity contribution is 0.526. The minimum absolute atomic E-state index is 0.625. The molecule has 94 valence electrons. The first-order valence-electron chi connectivity index (χ1n) is 6.33. The summed E-state index contributed by atoms with van der Waals surface area (Å²) in [6.45, 7) is 0. The Morgan fingerprint density at radius 3 is 2.94 bits per heavy atom. The van der Waals surface area contributed by atoms with Crippen molar-refractivity contribution in [3.8, 4) is 0 Å². The van der Waals surface area contributed by atoms with Crippen LogP contribution in [0.4, 0.5) is 0 Å². The van der Waals surface area contributed by atoms with Gasteiger partial charge >= 0.3 is 0 Å². The van der Waals surface area contributed by atoms with Crippen LogP contribution >= 0.6 is 23.4 Å². The Morgan fingerprint density at radius 1 is 1.47 bits per heavy atom. The van der Waals surface area contributed by atoms with Gasteiger partial charge in [-0.05, 0) is 44.0 Å². The number of nitrogens with one attached hydrogen (secondary N) is 1. The molecule has 0 spiro atoms. The molecule has 1 atom stereocenters. The van der Waals surface area contributed by atoms with E-state index in [1.165, 1.54) is 30.6 Å². The molecule has 1 aromatic carbocycles. The van der Waals surface area contributed by atoms with Gasteiger partial charge in [-0.3, -0.25) is 0 Å². The highest BCUT2D eigenvalue weighted by Gasteiger charge is 2.22. The van der Waals surface area contributed by atoms with Crippen molar-refractivity contribution in [2.75, 3.05) is 12.8 Å². The second-order valence-electron chi connectivity index (χ2n) is 4.77. The van der Waals surface area contributed by atoms with Crippen LogP contribution in [0.15, 0.2) is 29.2 Å². The smallest absolute Gasteiger partial charge is 0.0417 e. The van der Waals surface area contributed by atoms with E-state index in [-0.39, 0.29) is 0 Å². The monoisotopic (exact) mass is 269 g/mol. The van der Waals surface area contributed by atoms with Crippen molar-refractivity contribution in [2.24, 2.45) is 5.92 Å². The Kier molecular flexibility index (Phi) is 5.20. The van der Waals surface area contributed by atoms with Crippen LogP contribution in [0.2, 0.25) is 5.02 Å². The average molecular weight is 270 g/mol. The third kappa shape index (κ3) is 4.90. The van der Waals surface area contributed by atoms with Crippen molar-refractivity contribution in [2.45, 2.75) is 36.6 Å². The van der Waals surface area contributed by atoms with Gasteiger partial charge in [0.05, 0.1) is 0 Å². The first kappa shape index (κ1) is 13.3. The predicted molar refractivity (Wildman–Crippen MR) is 77.0 cm³/mol. The first-order valence-corrected chi connectivity index (χ1v) is 7.70. The maximum atomic E-state index is 5.98. The van der Waals surface area contributed by atoms with E-state index in [1.54, 1.807) is 0 Å². The maximum absolute atomic E-state index is 5.98. The van der Waals surface area contributed by atoms with Gasteiger partial charge in [-0.1, -0.05) is 30.5 Å². The van der Waals surface area contributed by atoms with Crippen LogP contribution in [0.1, 0.15) is 25.7 Å². The van der Waals surface area contributed by atoms with Gasteiger partial charge in [0.1, 0.15) is 0 Å². The van der Waals surface area contributed by atoms with Crippen molar-refractivity contribution < 1.29 is 0 Å². The van der Waals surface area contributed by atoms with E-state index in [0.29, 0.717) is 6.04 Å². The molecule has 0 amide bonds. The quantitative estimate of drug-likeness (QED) is 0.744. The molecule has 0 radical (unpaired) electrons. The van der Waals surface area contributed by atoms with E-state index < -0.39 is 0 Å². The van der Waals surface area contributed by atoms with Gasteiger partial charge in [-0.2, -0.15) is 0 Å². The fourth-order valence-corrected chi connectivity index (χ4v) is 3.28. The van der Waals surface area contributed by atoms with Crippen LogP contribution in [-0.2, 0) is 0 Å². The first-order chi connectivity index (χ1) is 8.28. The number of rotatable bonds is 7. The third-order valence-electron chi connectivity index (χ3n) is 3.28. The van der Waals surface area contributed by atoms with E-state index in [0.717, 1.165) is 16.7 Å². The number of hydrogen-bond donors (Lipinski definition) is 1. The zero-order chi connectivity index (χ0) is 12.1. The zero-order valence-corrected chi connectivity index (χ0v) is 11.9. The lowest BCUT2D eigenvalue weighted by atomic mass is 10.1. The highest BCUT2D eigenvalue weighted by atomic mass is 35.5. The Hall–Kier alpha value is -0.180. The van der Waals surface area contributed by atoms with Gasteiger partial charge in [-0.15, -0.1) is 11.8 Å². The molecule has 1 aromatic rings. The summed E-state index contributed by atoms with van der Waals surface area (Å²) in [6, 6.07) is 8.74. The average Bonchev–Trinajstić information content (AvgIpc) is 3.13. The van der Waals surface area contributed by atoms with Gasteiger partial charge in [0.15, 0.2) is 0 Å². The van der Waals surface area contributed by atoms with Gasteiger partial charge in [0.25, 0.3) is 0 Å². The van der Waals surface area contributed by atoms with E-state index in [9.17, 15) is 0 Å². The van der Waals surface area contributed by atoms with E-state index in [2.05, 4.69) is 18.4 Å². The molecule has 17 heavy (non-hydrogen) atoms. The second kappa shape index (κ2) is 6.67. The molecule has 1 nitrogen and oxygen atoms in total. The number of thioether (sulfide) groups is 1. The summed E-state index contributed by atoms with van der Waals surface area (Å²) in [5, 5.41) is 4.24. The molecule has 1 unspecified atom stereocenters. The third-order valence-corrected chi connectivity index (χ3v) is 4.67. The van der Waals surface area contributed by atoms with Gasteiger partial charge in [0.2, 0.25) is 0 Å². The van der Waals surface area contributed by atoms with Crippen LogP contribution in [0.3, 0.4) is 0 Å². The fourth-order valence-electron chi connectivity index (χ4n) is 1.91. The topological polar surface area (TPSA) is 12.0 Å². The molecular formula is C14H20ClNS. The normalized spacial score (nSPS) is 17.1. The SMILES string of the molecule is CNC(CCC1CC1)CSc1cccc(Cl)c1. The number of benzene rings is 1. The maximum Gasteiger partial charge on any atom is 0.0417 e. The van der Waals surface area contributed by atoms with Crippen molar-refractivity contribution >= 4 is 23.4 Å². The molecule has 0 bridgehead atoms. The molecular weight excluding hydrogens is 250 g/mol. The molecule has 0 heterocycles. The van der Waals surface area contributed by atoms with E-state index >= 15 is 0 Å². The molecule has 1 aliphatic carbocycles. The minimum atomic E-state index is 0.625. The van der Waals surface area contributed by atoms with Crippen molar-refractivity contribution in [3.05, 3.63) is 29.3 Å². The molecule has 0 aliphatic heterocycles. The Morgan fingerprint density at radius 2 is 2.29 bits per heavy atom. The molecule has 3 heteroatoms. The highest BCUT2D eigenvalue weighted by molar-refractivity contribution is 7.99. The van der Waals surface area contributed by atoms with Gasteiger partial charge < -0.3 is 5.32 Å². The van der Waals surface area contributed by atoms with E-state index in [4.69, 9.17) is 11.6 Å². The second-order valence-corrected chi connectivity index (χ2v) is 6.30. The minimum Gasteiger partial charge on any atom is -0.316 e. The summed E-state index contributed by atoms with van der Waals surface area (Å²) >= 11 is 7.87. The summed E-state index contributed by atoms with van der Waals surface area (Å²) in [4.78, 5) is 1.27. The molecule has 2 rings (SSSR count). The van der Waals surface area contributed by atoms with Crippen LogP contribution < -0.4 is 5.32 Å². The number of hydrogen-bond acceptors (Lipinski definition) is 2. The standard InChI is InChI=1S/C14H20ClNS/c1-16-13(8-7-11-5-6-11)10-17-14-4-2-3-12(15)9-14/h2-4,9,11,13,16H,5-8,10H2,1H3. The summed E-state index contributed by atoms with van der Waals surface area (Å²) < 4.78 is 0. The molecule has 1 saturated carbocycles. The zero-order valence-electron chi connectivity index (χ0n) is 10.3. The molecule has 1 N–H and O–H groups in total. The van der Waals surface area contributed by atoms with Crippen molar-refractivity contribution in [1.29, 1.82) is 0 Å². The summed E-state index contributed by atoms with van der Waals surface area (Å²) in [7, 11) is 2.07. The number of halogens is 1. The van der Waals surface area contributed by atoms with Crippen molar-refractivity contribution in [1.82, 2.24) is 5.32 Å². The molecule has 0 aromatic heterocycles. The Labute approximate surface area is 113 Å². The fraction of sp³-hybridized carbons (Fsp3) is 0.571.